The number of anilines is 2. The number of carbonyl (C=O) groups is 2. The summed E-state index contributed by atoms with van der Waals surface area (Å²) in [6.45, 7) is 5.94. The molecule has 2 rings (SSSR count). The largest absolute Gasteiger partial charge is 0.353 e. The number of rotatable bonds is 8. The smallest absolute Gasteiger partial charge is 0.231 e. The van der Waals surface area contributed by atoms with Crippen molar-refractivity contribution in [1.82, 2.24) is 5.32 Å². The van der Waals surface area contributed by atoms with Crippen molar-refractivity contribution in [2.24, 2.45) is 5.92 Å². The first-order valence-corrected chi connectivity index (χ1v) is 8.42. The van der Waals surface area contributed by atoms with Crippen molar-refractivity contribution < 1.29 is 9.59 Å². The highest BCUT2D eigenvalue weighted by Crippen LogP contribution is 2.27. The summed E-state index contributed by atoms with van der Waals surface area (Å²) in [5, 5.41) is 2.75. The van der Waals surface area contributed by atoms with Gasteiger partial charge in [-0.3, -0.25) is 14.5 Å². The second-order valence-electron chi connectivity index (χ2n) is 6.01. The molecule has 4 nitrogen and oxygen atoms in total. The van der Waals surface area contributed by atoms with E-state index in [1.165, 1.54) is 0 Å². The van der Waals surface area contributed by atoms with E-state index in [9.17, 15) is 9.59 Å². The van der Waals surface area contributed by atoms with Gasteiger partial charge >= 0.3 is 0 Å². The third-order valence-corrected chi connectivity index (χ3v) is 3.78. The van der Waals surface area contributed by atoms with Gasteiger partial charge < -0.3 is 5.32 Å². The summed E-state index contributed by atoms with van der Waals surface area (Å²) in [7, 11) is 0. The maximum Gasteiger partial charge on any atom is 0.231 e. The minimum Gasteiger partial charge on any atom is -0.353 e. The average molecular weight is 336 g/mol. The minimum atomic E-state index is -0.0637. The van der Waals surface area contributed by atoms with Crippen LogP contribution in [0.25, 0.3) is 0 Å². The van der Waals surface area contributed by atoms with Crippen LogP contribution in [0.15, 0.2) is 73.3 Å². The Balaban J connectivity index is 2.11. The monoisotopic (exact) mass is 336 g/mol. The zero-order valence-corrected chi connectivity index (χ0v) is 14.5. The molecule has 0 saturated carbocycles. The fourth-order valence-corrected chi connectivity index (χ4v) is 2.63. The number of nitrogens with zero attached hydrogens (tertiary/aromatic N) is 1. The SMILES string of the molecule is C=CCNC(=O)CC(C)CC(=O)N(c1ccccc1)c1ccccc1. The Morgan fingerprint density at radius 3 is 2.00 bits per heavy atom. The molecule has 1 unspecified atom stereocenters. The van der Waals surface area contributed by atoms with Crippen LogP contribution in [0.1, 0.15) is 19.8 Å². The Bertz CT molecular complexity index is 659. The van der Waals surface area contributed by atoms with Crippen molar-refractivity contribution in [1.29, 1.82) is 0 Å². The van der Waals surface area contributed by atoms with Crippen LogP contribution in [-0.4, -0.2) is 18.4 Å². The number of amides is 2. The molecule has 0 fully saturated rings. The molecule has 0 spiro atoms. The van der Waals surface area contributed by atoms with Gasteiger partial charge in [0.05, 0.1) is 0 Å². The molecule has 0 aliphatic carbocycles. The lowest BCUT2D eigenvalue weighted by atomic mass is 10.0. The number of hydrogen-bond donors (Lipinski definition) is 1. The normalized spacial score (nSPS) is 11.4. The summed E-state index contributed by atoms with van der Waals surface area (Å²) < 4.78 is 0. The van der Waals surface area contributed by atoms with E-state index in [-0.39, 0.29) is 17.7 Å². The van der Waals surface area contributed by atoms with Crippen molar-refractivity contribution in [3.63, 3.8) is 0 Å². The highest BCUT2D eigenvalue weighted by molar-refractivity contribution is 6.00. The van der Waals surface area contributed by atoms with Crippen molar-refractivity contribution in [3.05, 3.63) is 73.3 Å². The topological polar surface area (TPSA) is 49.4 Å². The van der Waals surface area contributed by atoms with Crippen molar-refractivity contribution in [2.75, 3.05) is 11.4 Å². The first kappa shape index (κ1) is 18.5. The summed E-state index contributed by atoms with van der Waals surface area (Å²) >= 11 is 0. The summed E-state index contributed by atoms with van der Waals surface area (Å²) in [5.74, 6) is -0.139. The number of para-hydroxylation sites is 2. The van der Waals surface area contributed by atoms with E-state index in [1.807, 2.05) is 67.6 Å². The van der Waals surface area contributed by atoms with E-state index in [1.54, 1.807) is 11.0 Å². The predicted octanol–water partition coefficient (Wildman–Crippen LogP) is 4.07. The number of nitrogens with one attached hydrogen (secondary N) is 1. The molecule has 0 heterocycles. The van der Waals surface area contributed by atoms with Gasteiger partial charge in [-0.05, 0) is 30.2 Å². The zero-order valence-electron chi connectivity index (χ0n) is 14.5. The van der Waals surface area contributed by atoms with Gasteiger partial charge in [-0.15, -0.1) is 6.58 Å². The third-order valence-electron chi connectivity index (χ3n) is 3.78. The molecule has 0 bridgehead atoms. The quantitative estimate of drug-likeness (QED) is 0.739. The second-order valence-corrected chi connectivity index (χ2v) is 6.01. The lowest BCUT2D eigenvalue weighted by Crippen LogP contribution is -2.30. The molecule has 0 aliphatic rings. The van der Waals surface area contributed by atoms with Gasteiger partial charge in [0, 0.05) is 30.8 Å². The van der Waals surface area contributed by atoms with Crippen LogP contribution in [0.5, 0.6) is 0 Å². The van der Waals surface area contributed by atoms with Gasteiger partial charge in [0.1, 0.15) is 0 Å². The molecule has 0 saturated heterocycles. The first-order chi connectivity index (χ1) is 12.1. The number of hydrogen-bond acceptors (Lipinski definition) is 2. The van der Waals surface area contributed by atoms with Crippen LogP contribution in [0.4, 0.5) is 11.4 Å². The molecular weight excluding hydrogens is 312 g/mol. The van der Waals surface area contributed by atoms with Crippen molar-refractivity contribution >= 4 is 23.2 Å². The minimum absolute atomic E-state index is 0.0265. The van der Waals surface area contributed by atoms with E-state index in [0.717, 1.165) is 11.4 Å². The Kier molecular flexibility index (Phi) is 6.96. The van der Waals surface area contributed by atoms with E-state index in [2.05, 4.69) is 11.9 Å². The molecule has 130 valence electrons. The third kappa shape index (κ3) is 5.60. The highest BCUT2D eigenvalue weighted by atomic mass is 16.2. The summed E-state index contributed by atoms with van der Waals surface area (Å²) in [6.07, 6.45) is 2.25. The molecule has 2 aromatic rings. The summed E-state index contributed by atoms with van der Waals surface area (Å²) in [5.41, 5.74) is 1.64. The zero-order chi connectivity index (χ0) is 18.1. The van der Waals surface area contributed by atoms with E-state index in [4.69, 9.17) is 0 Å². The van der Waals surface area contributed by atoms with Crippen LogP contribution in [-0.2, 0) is 9.59 Å². The lowest BCUT2D eigenvalue weighted by Gasteiger charge is -2.24. The molecule has 2 aromatic carbocycles. The molecular formula is C21H24N2O2. The van der Waals surface area contributed by atoms with Gasteiger partial charge in [0.2, 0.25) is 11.8 Å². The fourth-order valence-electron chi connectivity index (χ4n) is 2.63. The van der Waals surface area contributed by atoms with Gasteiger partial charge in [0.15, 0.2) is 0 Å². The maximum absolute atomic E-state index is 12.9. The fraction of sp³-hybridized carbons (Fsp3) is 0.238. The molecule has 0 radical (unpaired) electrons. The molecule has 0 aliphatic heterocycles. The maximum atomic E-state index is 12.9. The second kappa shape index (κ2) is 9.42. The van der Waals surface area contributed by atoms with Gasteiger partial charge in [-0.1, -0.05) is 49.4 Å². The van der Waals surface area contributed by atoms with Crippen molar-refractivity contribution in [2.45, 2.75) is 19.8 Å². The molecule has 4 heteroatoms. The van der Waals surface area contributed by atoms with Crippen LogP contribution in [0, 0.1) is 5.92 Å². The van der Waals surface area contributed by atoms with Crippen LogP contribution in [0.2, 0.25) is 0 Å². The van der Waals surface area contributed by atoms with Gasteiger partial charge in [-0.25, -0.2) is 0 Å². The van der Waals surface area contributed by atoms with E-state index in [0.29, 0.717) is 19.4 Å². The number of benzene rings is 2. The van der Waals surface area contributed by atoms with E-state index < -0.39 is 0 Å². The molecule has 2 amide bonds. The Hall–Kier alpha value is -2.88. The Morgan fingerprint density at radius 1 is 1.00 bits per heavy atom. The molecule has 25 heavy (non-hydrogen) atoms. The number of carbonyl (C=O) groups excluding carboxylic acids is 2. The van der Waals surface area contributed by atoms with Crippen LogP contribution < -0.4 is 10.2 Å². The Labute approximate surface area is 149 Å². The Morgan fingerprint density at radius 2 is 1.52 bits per heavy atom. The standard InChI is InChI=1S/C21H24N2O2/c1-3-14-22-20(24)15-17(2)16-21(25)23(18-10-6-4-7-11-18)19-12-8-5-9-13-19/h3-13,17H,1,14-16H2,2H3,(H,22,24). The van der Waals surface area contributed by atoms with E-state index >= 15 is 0 Å². The first-order valence-electron chi connectivity index (χ1n) is 8.42. The van der Waals surface area contributed by atoms with Crippen LogP contribution >= 0.6 is 0 Å². The summed E-state index contributed by atoms with van der Waals surface area (Å²) in [4.78, 5) is 26.5. The molecule has 0 aromatic heterocycles. The van der Waals surface area contributed by atoms with Crippen LogP contribution in [0.3, 0.4) is 0 Å². The molecule has 1 N–H and O–H groups in total. The van der Waals surface area contributed by atoms with Gasteiger partial charge in [-0.2, -0.15) is 0 Å². The average Bonchev–Trinajstić information content (AvgIpc) is 2.62. The highest BCUT2D eigenvalue weighted by Gasteiger charge is 2.21. The summed E-state index contributed by atoms with van der Waals surface area (Å²) in [6, 6.07) is 19.1. The molecule has 1 atom stereocenters. The van der Waals surface area contributed by atoms with Crippen molar-refractivity contribution in [3.8, 4) is 0 Å². The van der Waals surface area contributed by atoms with Gasteiger partial charge in [0.25, 0.3) is 0 Å². The predicted molar refractivity (Wildman–Crippen MR) is 102 cm³/mol. The lowest BCUT2D eigenvalue weighted by molar-refractivity contribution is -0.122.